The number of benzene rings is 3. The van der Waals surface area contributed by atoms with E-state index in [0.29, 0.717) is 37.6 Å². The highest BCUT2D eigenvalue weighted by Crippen LogP contribution is 2.23. The summed E-state index contributed by atoms with van der Waals surface area (Å²) < 4.78 is 24.8. The quantitative estimate of drug-likeness (QED) is 0.290. The molecule has 0 amide bonds. The van der Waals surface area contributed by atoms with E-state index < -0.39 is 12.0 Å². The Morgan fingerprint density at radius 3 is 2.33 bits per heavy atom. The molecule has 0 spiro atoms. The summed E-state index contributed by atoms with van der Waals surface area (Å²) in [6.07, 6.45) is 0.925. The lowest BCUT2D eigenvalue weighted by Crippen LogP contribution is -2.38. The number of hydrogen-bond donors (Lipinski definition) is 2. The molecule has 0 saturated heterocycles. The summed E-state index contributed by atoms with van der Waals surface area (Å²) in [5.74, 6) is 0.819. The predicted molar refractivity (Wildman–Crippen MR) is 135 cm³/mol. The van der Waals surface area contributed by atoms with Crippen LogP contribution in [0.2, 0.25) is 0 Å². The van der Waals surface area contributed by atoms with E-state index in [1.165, 1.54) is 17.7 Å². The van der Waals surface area contributed by atoms with Crippen LogP contribution in [0.25, 0.3) is 11.5 Å². The second kappa shape index (κ2) is 11.6. The third-order valence-corrected chi connectivity index (χ3v) is 5.93. The molecule has 7 heteroatoms. The molecule has 0 aliphatic heterocycles. The minimum Gasteiger partial charge on any atom is -0.493 e. The second-order valence-corrected chi connectivity index (χ2v) is 8.73. The molecule has 0 saturated carbocycles. The number of aryl methyl sites for hydroxylation is 2. The largest absolute Gasteiger partial charge is 0.493 e. The fourth-order valence-electron chi connectivity index (χ4n) is 3.79. The van der Waals surface area contributed by atoms with E-state index in [9.17, 15) is 14.3 Å². The predicted octanol–water partition coefficient (Wildman–Crippen LogP) is 5.50. The van der Waals surface area contributed by atoms with Gasteiger partial charge < -0.3 is 19.6 Å². The van der Waals surface area contributed by atoms with Gasteiger partial charge in [0, 0.05) is 18.5 Å². The summed E-state index contributed by atoms with van der Waals surface area (Å²) in [4.78, 5) is 16.3. The van der Waals surface area contributed by atoms with Gasteiger partial charge in [-0.25, -0.2) is 9.37 Å². The molecule has 1 aromatic heterocycles. The monoisotopic (exact) mass is 488 g/mol. The number of nitrogens with zero attached hydrogens (tertiary/aromatic N) is 1. The average Bonchev–Trinajstić information content (AvgIpc) is 3.24. The number of halogens is 1. The third-order valence-electron chi connectivity index (χ3n) is 5.93. The molecule has 0 fully saturated rings. The van der Waals surface area contributed by atoms with Gasteiger partial charge in [-0.05, 0) is 67.8 Å². The Bertz CT molecular complexity index is 1280. The summed E-state index contributed by atoms with van der Waals surface area (Å²) in [6, 6.07) is 20.7. The molecule has 36 heavy (non-hydrogen) atoms. The maximum absolute atomic E-state index is 13.1. The van der Waals surface area contributed by atoms with Gasteiger partial charge in [-0.2, -0.15) is 0 Å². The number of oxazole rings is 1. The van der Waals surface area contributed by atoms with Gasteiger partial charge in [0.15, 0.2) is 0 Å². The first kappa shape index (κ1) is 25.1. The highest BCUT2D eigenvalue weighted by Gasteiger charge is 2.17. The van der Waals surface area contributed by atoms with Crippen LogP contribution in [0.4, 0.5) is 4.39 Å². The Labute approximate surface area is 209 Å². The molecule has 186 valence electrons. The van der Waals surface area contributed by atoms with E-state index in [0.717, 1.165) is 28.1 Å². The molecule has 4 aromatic rings. The molecule has 1 atom stereocenters. The number of rotatable bonds is 11. The first-order chi connectivity index (χ1) is 17.4. The van der Waals surface area contributed by atoms with Gasteiger partial charge in [-0.15, -0.1) is 0 Å². The number of carbonyl (C=O) groups is 1. The molecule has 0 bridgehead atoms. The Morgan fingerprint density at radius 2 is 1.67 bits per heavy atom. The molecule has 3 aromatic carbocycles. The van der Waals surface area contributed by atoms with Crippen LogP contribution < -0.4 is 10.1 Å². The number of hydrogen-bond acceptors (Lipinski definition) is 5. The molecular weight excluding hydrogens is 459 g/mol. The minimum atomic E-state index is -0.939. The number of aromatic nitrogens is 1. The number of carboxylic acid groups (broad SMARTS) is 1. The van der Waals surface area contributed by atoms with Gasteiger partial charge in [-0.3, -0.25) is 4.79 Å². The van der Waals surface area contributed by atoms with Gasteiger partial charge in [-0.1, -0.05) is 42.0 Å². The van der Waals surface area contributed by atoms with Gasteiger partial charge in [0.1, 0.15) is 23.4 Å². The van der Waals surface area contributed by atoms with Crippen LogP contribution in [0.15, 0.2) is 77.2 Å². The third kappa shape index (κ3) is 6.79. The Hall–Kier alpha value is -3.97. The highest BCUT2D eigenvalue weighted by atomic mass is 19.1. The van der Waals surface area contributed by atoms with Gasteiger partial charge >= 0.3 is 5.97 Å². The molecule has 4 rings (SSSR count). The molecule has 0 radical (unpaired) electrons. The summed E-state index contributed by atoms with van der Waals surface area (Å²) in [7, 11) is 0. The van der Waals surface area contributed by atoms with E-state index >= 15 is 0 Å². The van der Waals surface area contributed by atoms with E-state index in [4.69, 9.17) is 9.15 Å². The summed E-state index contributed by atoms with van der Waals surface area (Å²) in [6.45, 7) is 4.72. The van der Waals surface area contributed by atoms with Crippen molar-refractivity contribution in [3.8, 4) is 17.2 Å². The number of ether oxygens (including phenoxy) is 1. The lowest BCUT2D eigenvalue weighted by molar-refractivity contribution is -0.139. The zero-order chi connectivity index (χ0) is 25.5. The van der Waals surface area contributed by atoms with Crippen LogP contribution in [-0.2, 0) is 24.2 Å². The topological polar surface area (TPSA) is 84.6 Å². The zero-order valence-electron chi connectivity index (χ0n) is 20.3. The fraction of sp³-hybridized carbons (Fsp3) is 0.241. The lowest BCUT2D eigenvalue weighted by atomic mass is 10.1. The summed E-state index contributed by atoms with van der Waals surface area (Å²) in [5, 5.41) is 12.6. The Morgan fingerprint density at radius 1 is 1.00 bits per heavy atom. The van der Waals surface area contributed by atoms with E-state index in [2.05, 4.69) is 10.3 Å². The van der Waals surface area contributed by atoms with E-state index in [1.54, 1.807) is 12.1 Å². The molecular formula is C29H29FN2O4. The lowest BCUT2D eigenvalue weighted by Gasteiger charge is -2.15. The van der Waals surface area contributed by atoms with Crippen molar-refractivity contribution in [3.63, 3.8) is 0 Å². The highest BCUT2D eigenvalue weighted by molar-refractivity contribution is 5.74. The number of aliphatic carboxylic acids is 1. The Balaban J connectivity index is 1.28. The first-order valence-electron chi connectivity index (χ1n) is 11.8. The standard InChI is InChI=1S/C29H29FN2O4/c1-19-3-9-23(10-4-19)28-32-26(20(2)36-28)15-16-35-25-13-7-21(8-14-25)17-27(29(33)34)31-18-22-5-11-24(30)12-6-22/h3-14,27,31H,15-18H2,1-2H3,(H,33,34)/t27-/m0/s1. The van der Waals surface area contributed by atoms with Crippen LogP contribution in [0.3, 0.4) is 0 Å². The summed E-state index contributed by atoms with van der Waals surface area (Å²) in [5.41, 5.74) is 4.68. The van der Waals surface area contributed by atoms with E-state index in [-0.39, 0.29) is 5.82 Å². The second-order valence-electron chi connectivity index (χ2n) is 8.73. The number of nitrogens with one attached hydrogen (secondary N) is 1. The van der Waals surface area contributed by atoms with Crippen LogP contribution in [0.5, 0.6) is 5.75 Å². The van der Waals surface area contributed by atoms with Crippen molar-refractivity contribution < 1.29 is 23.4 Å². The average molecular weight is 489 g/mol. The normalized spacial score (nSPS) is 11.9. The zero-order valence-corrected chi connectivity index (χ0v) is 20.3. The molecule has 0 aliphatic rings. The van der Waals surface area contributed by atoms with Crippen molar-refractivity contribution in [2.75, 3.05) is 6.61 Å². The van der Waals surface area contributed by atoms with Crippen LogP contribution in [0.1, 0.15) is 28.1 Å². The minimum absolute atomic E-state index is 0.316. The van der Waals surface area contributed by atoms with Crippen LogP contribution in [0, 0.1) is 19.7 Å². The van der Waals surface area contributed by atoms with Crippen molar-refractivity contribution in [2.24, 2.45) is 0 Å². The van der Waals surface area contributed by atoms with Crippen molar-refractivity contribution in [3.05, 3.63) is 107 Å². The smallest absolute Gasteiger partial charge is 0.321 e. The maximum atomic E-state index is 13.1. The SMILES string of the molecule is Cc1ccc(-c2nc(CCOc3ccc(C[C@H](NCc4ccc(F)cc4)C(=O)O)cc3)c(C)o2)cc1. The van der Waals surface area contributed by atoms with Crippen molar-refractivity contribution in [1.29, 1.82) is 0 Å². The van der Waals surface area contributed by atoms with Crippen molar-refractivity contribution in [1.82, 2.24) is 10.3 Å². The van der Waals surface area contributed by atoms with Crippen molar-refractivity contribution in [2.45, 2.75) is 39.3 Å². The van der Waals surface area contributed by atoms with Crippen LogP contribution in [-0.4, -0.2) is 28.7 Å². The fourth-order valence-corrected chi connectivity index (χ4v) is 3.79. The summed E-state index contributed by atoms with van der Waals surface area (Å²) >= 11 is 0. The molecule has 0 aliphatic carbocycles. The molecule has 2 N–H and O–H groups in total. The molecule has 1 heterocycles. The maximum Gasteiger partial charge on any atom is 0.321 e. The first-order valence-corrected chi connectivity index (χ1v) is 11.8. The molecule has 6 nitrogen and oxygen atoms in total. The van der Waals surface area contributed by atoms with Gasteiger partial charge in [0.25, 0.3) is 0 Å². The number of carboxylic acids is 1. The Kier molecular flexibility index (Phi) is 8.13. The van der Waals surface area contributed by atoms with E-state index in [1.807, 2.05) is 62.4 Å². The van der Waals surface area contributed by atoms with Gasteiger partial charge in [0.2, 0.25) is 5.89 Å². The molecule has 0 unspecified atom stereocenters. The van der Waals surface area contributed by atoms with Crippen molar-refractivity contribution >= 4 is 5.97 Å². The van der Waals surface area contributed by atoms with Gasteiger partial charge in [0.05, 0.1) is 12.3 Å². The van der Waals surface area contributed by atoms with Crippen LogP contribution >= 0.6 is 0 Å².